The molecule has 0 aromatic rings. The molecule has 112 valence electrons. The second-order valence-electron chi connectivity index (χ2n) is 4.54. The van der Waals surface area contributed by atoms with E-state index in [1.807, 2.05) is 4.90 Å². The average molecular weight is 294 g/mol. The van der Waals surface area contributed by atoms with Gasteiger partial charge >= 0.3 is 0 Å². The van der Waals surface area contributed by atoms with Crippen LogP contribution in [0.1, 0.15) is 25.7 Å². The number of halogens is 1. The molecule has 0 aliphatic carbocycles. The number of amides is 2. The molecule has 1 atom stereocenters. The monoisotopic (exact) mass is 293 g/mol. The van der Waals surface area contributed by atoms with Crippen molar-refractivity contribution in [3.63, 3.8) is 0 Å². The van der Waals surface area contributed by atoms with Crippen molar-refractivity contribution in [1.29, 1.82) is 0 Å². The fourth-order valence-corrected chi connectivity index (χ4v) is 1.98. The van der Waals surface area contributed by atoms with Crippen LogP contribution < -0.4 is 11.1 Å². The molecule has 19 heavy (non-hydrogen) atoms. The number of nitrogens with zero attached hydrogens (tertiary/aromatic N) is 1. The van der Waals surface area contributed by atoms with E-state index in [-0.39, 0.29) is 30.8 Å². The van der Waals surface area contributed by atoms with Crippen LogP contribution in [-0.4, -0.2) is 56.1 Å². The fourth-order valence-electron chi connectivity index (χ4n) is 1.98. The van der Waals surface area contributed by atoms with Crippen molar-refractivity contribution < 1.29 is 14.3 Å². The number of ether oxygens (including phenoxy) is 1. The standard InChI is InChI=1S/C12H23N3O3.ClH/c1-18-9-10(13)12(17)14-6-5-11(16)15-7-3-2-4-8-15;/h10H,2-9,13H2,1H3,(H,14,17);1H. The van der Waals surface area contributed by atoms with Crippen molar-refractivity contribution in [3.05, 3.63) is 0 Å². The summed E-state index contributed by atoms with van der Waals surface area (Å²) in [6.07, 6.45) is 3.70. The highest BCUT2D eigenvalue weighted by atomic mass is 35.5. The second-order valence-corrected chi connectivity index (χ2v) is 4.54. The smallest absolute Gasteiger partial charge is 0.239 e. The Hall–Kier alpha value is -0.850. The van der Waals surface area contributed by atoms with Gasteiger partial charge in [-0.3, -0.25) is 9.59 Å². The van der Waals surface area contributed by atoms with Crippen LogP contribution in [0.2, 0.25) is 0 Å². The summed E-state index contributed by atoms with van der Waals surface area (Å²) < 4.78 is 4.79. The lowest BCUT2D eigenvalue weighted by Gasteiger charge is -2.26. The van der Waals surface area contributed by atoms with Crippen LogP contribution in [0, 0.1) is 0 Å². The van der Waals surface area contributed by atoms with Crippen molar-refractivity contribution in [2.45, 2.75) is 31.7 Å². The van der Waals surface area contributed by atoms with E-state index >= 15 is 0 Å². The first-order valence-corrected chi connectivity index (χ1v) is 6.45. The highest BCUT2D eigenvalue weighted by Gasteiger charge is 2.17. The molecular weight excluding hydrogens is 270 g/mol. The lowest BCUT2D eigenvalue weighted by Crippen LogP contribution is -2.45. The van der Waals surface area contributed by atoms with Crippen LogP contribution in [0.5, 0.6) is 0 Å². The van der Waals surface area contributed by atoms with Crippen LogP contribution in [0.4, 0.5) is 0 Å². The maximum absolute atomic E-state index is 11.8. The van der Waals surface area contributed by atoms with Gasteiger partial charge in [0.25, 0.3) is 0 Å². The summed E-state index contributed by atoms with van der Waals surface area (Å²) in [7, 11) is 1.49. The van der Waals surface area contributed by atoms with Crippen molar-refractivity contribution >= 4 is 24.2 Å². The van der Waals surface area contributed by atoms with Gasteiger partial charge in [0.15, 0.2) is 0 Å². The molecule has 0 aromatic carbocycles. The zero-order valence-electron chi connectivity index (χ0n) is 11.4. The number of likely N-dealkylation sites (tertiary alicyclic amines) is 1. The van der Waals surface area contributed by atoms with Gasteiger partial charge < -0.3 is 20.7 Å². The fraction of sp³-hybridized carbons (Fsp3) is 0.833. The predicted molar refractivity (Wildman–Crippen MR) is 75.2 cm³/mol. The van der Waals surface area contributed by atoms with Crippen molar-refractivity contribution in [1.82, 2.24) is 10.2 Å². The Kier molecular flexibility index (Phi) is 9.55. The molecule has 0 aromatic heterocycles. The third-order valence-electron chi connectivity index (χ3n) is 3.03. The molecule has 1 aliphatic heterocycles. The minimum atomic E-state index is -0.667. The van der Waals surface area contributed by atoms with Gasteiger partial charge in [0.05, 0.1) is 6.61 Å². The first-order chi connectivity index (χ1) is 8.65. The molecular formula is C12H24ClN3O3. The minimum Gasteiger partial charge on any atom is -0.383 e. The average Bonchev–Trinajstić information content (AvgIpc) is 2.39. The van der Waals surface area contributed by atoms with Crippen LogP contribution in [0.25, 0.3) is 0 Å². The van der Waals surface area contributed by atoms with E-state index in [0.717, 1.165) is 25.9 Å². The molecule has 6 nitrogen and oxygen atoms in total. The van der Waals surface area contributed by atoms with E-state index < -0.39 is 6.04 Å². The molecule has 0 spiro atoms. The lowest BCUT2D eigenvalue weighted by molar-refractivity contribution is -0.132. The quantitative estimate of drug-likeness (QED) is 0.716. The van der Waals surface area contributed by atoms with Gasteiger partial charge in [0.2, 0.25) is 11.8 Å². The maximum atomic E-state index is 11.8. The molecule has 0 bridgehead atoms. The molecule has 7 heteroatoms. The van der Waals surface area contributed by atoms with Gasteiger partial charge in [-0.1, -0.05) is 0 Å². The summed E-state index contributed by atoms with van der Waals surface area (Å²) >= 11 is 0. The van der Waals surface area contributed by atoms with Gasteiger partial charge in [-0.2, -0.15) is 0 Å². The number of methoxy groups -OCH3 is 1. The summed E-state index contributed by atoms with van der Waals surface area (Å²) in [4.78, 5) is 25.1. The summed E-state index contributed by atoms with van der Waals surface area (Å²) in [5.74, 6) is -0.168. The summed E-state index contributed by atoms with van der Waals surface area (Å²) in [6.45, 7) is 2.21. The summed E-state index contributed by atoms with van der Waals surface area (Å²) in [6, 6.07) is -0.667. The number of rotatable bonds is 6. The van der Waals surface area contributed by atoms with Crippen molar-refractivity contribution in [2.24, 2.45) is 5.73 Å². The third kappa shape index (κ3) is 6.75. The zero-order chi connectivity index (χ0) is 13.4. The molecule has 1 saturated heterocycles. The van der Waals surface area contributed by atoms with Gasteiger partial charge in [0.1, 0.15) is 6.04 Å². The molecule has 3 N–H and O–H groups in total. The first-order valence-electron chi connectivity index (χ1n) is 6.45. The largest absolute Gasteiger partial charge is 0.383 e. The number of piperidine rings is 1. The van der Waals surface area contributed by atoms with Crippen LogP contribution in [-0.2, 0) is 14.3 Å². The molecule has 1 aliphatic rings. The Labute approximate surface area is 120 Å². The number of hydrogen-bond acceptors (Lipinski definition) is 4. The topological polar surface area (TPSA) is 84.7 Å². The van der Waals surface area contributed by atoms with Crippen LogP contribution >= 0.6 is 12.4 Å². The van der Waals surface area contributed by atoms with E-state index in [2.05, 4.69) is 5.32 Å². The molecule has 2 amide bonds. The van der Waals surface area contributed by atoms with E-state index in [9.17, 15) is 9.59 Å². The SMILES string of the molecule is COCC(N)C(=O)NCCC(=O)N1CCCCC1.Cl. The zero-order valence-corrected chi connectivity index (χ0v) is 12.2. The van der Waals surface area contributed by atoms with Gasteiger partial charge in [-0.25, -0.2) is 0 Å². The highest BCUT2D eigenvalue weighted by molar-refractivity contribution is 5.85. The predicted octanol–water partition coefficient (Wildman–Crippen LogP) is -0.0993. The van der Waals surface area contributed by atoms with Crippen molar-refractivity contribution in [2.75, 3.05) is 33.4 Å². The summed E-state index contributed by atoms with van der Waals surface area (Å²) in [5.41, 5.74) is 5.56. The van der Waals surface area contributed by atoms with E-state index in [1.54, 1.807) is 0 Å². The second kappa shape index (κ2) is 10.00. The molecule has 0 saturated carbocycles. The van der Waals surface area contributed by atoms with Crippen LogP contribution in [0.3, 0.4) is 0 Å². The number of hydrogen-bond donors (Lipinski definition) is 2. The maximum Gasteiger partial charge on any atom is 0.239 e. The Morgan fingerprint density at radius 1 is 1.32 bits per heavy atom. The first kappa shape index (κ1) is 18.1. The number of carbonyl (C=O) groups excluding carboxylic acids is 2. The van der Waals surface area contributed by atoms with Gasteiger partial charge in [0, 0.05) is 33.2 Å². The molecule has 1 rings (SSSR count). The number of nitrogens with two attached hydrogens (primary N) is 1. The third-order valence-corrected chi connectivity index (χ3v) is 3.03. The Bertz CT molecular complexity index is 283. The molecule has 1 unspecified atom stereocenters. The van der Waals surface area contributed by atoms with E-state index in [4.69, 9.17) is 10.5 Å². The normalized spacial score (nSPS) is 16.4. The number of nitrogens with one attached hydrogen (secondary N) is 1. The number of carbonyl (C=O) groups is 2. The molecule has 1 heterocycles. The Balaban J connectivity index is 0.00000324. The Morgan fingerprint density at radius 3 is 2.53 bits per heavy atom. The minimum absolute atomic E-state index is 0. The van der Waals surface area contributed by atoms with Gasteiger partial charge in [-0.05, 0) is 19.3 Å². The molecule has 0 radical (unpaired) electrons. The van der Waals surface area contributed by atoms with E-state index in [1.165, 1.54) is 13.5 Å². The van der Waals surface area contributed by atoms with E-state index in [0.29, 0.717) is 13.0 Å². The highest BCUT2D eigenvalue weighted by Crippen LogP contribution is 2.09. The van der Waals surface area contributed by atoms with Gasteiger partial charge in [-0.15, -0.1) is 12.4 Å². The molecule has 1 fully saturated rings. The lowest BCUT2D eigenvalue weighted by atomic mass is 10.1. The van der Waals surface area contributed by atoms with Crippen molar-refractivity contribution in [3.8, 4) is 0 Å². The Morgan fingerprint density at radius 2 is 1.95 bits per heavy atom. The van der Waals surface area contributed by atoms with Crippen LogP contribution in [0.15, 0.2) is 0 Å². The summed E-state index contributed by atoms with van der Waals surface area (Å²) in [5, 5.41) is 2.65.